The molecule has 4 nitrogen and oxygen atoms in total. The van der Waals surface area contributed by atoms with Crippen molar-refractivity contribution in [1.29, 1.82) is 0 Å². The summed E-state index contributed by atoms with van der Waals surface area (Å²) in [5.41, 5.74) is 0. The summed E-state index contributed by atoms with van der Waals surface area (Å²) in [6, 6.07) is 0.288. The molecule has 1 saturated carbocycles. The van der Waals surface area contributed by atoms with Crippen LogP contribution in [0.2, 0.25) is 0 Å². The predicted octanol–water partition coefficient (Wildman–Crippen LogP) is 0.900. The molecule has 1 aliphatic rings. The summed E-state index contributed by atoms with van der Waals surface area (Å²) in [5, 5.41) is 9.07. The topological polar surface area (TPSA) is 54.0 Å². The Kier molecular flexibility index (Phi) is 3.33. The second-order valence-electron chi connectivity index (χ2n) is 3.81. The van der Waals surface area contributed by atoms with Crippen molar-refractivity contribution in [3.63, 3.8) is 0 Å². The van der Waals surface area contributed by atoms with Gasteiger partial charge in [0, 0.05) is 24.2 Å². The number of thiazole rings is 1. The van der Waals surface area contributed by atoms with Crippen molar-refractivity contribution in [3.8, 4) is 0 Å². The van der Waals surface area contributed by atoms with E-state index in [4.69, 9.17) is 0 Å². The number of hydrogen-bond donors (Lipinski definition) is 2. The van der Waals surface area contributed by atoms with Crippen molar-refractivity contribution < 1.29 is 4.79 Å². The molecule has 0 saturated heterocycles. The highest BCUT2D eigenvalue weighted by molar-refractivity contribution is 7.09. The maximum absolute atomic E-state index is 11.6. The summed E-state index contributed by atoms with van der Waals surface area (Å²) >= 11 is 1.60. The maximum Gasteiger partial charge on any atom is 0.237 e. The number of amides is 1. The first kappa shape index (κ1) is 10.6. The second-order valence-corrected chi connectivity index (χ2v) is 4.79. The van der Waals surface area contributed by atoms with E-state index in [2.05, 4.69) is 15.6 Å². The van der Waals surface area contributed by atoms with Crippen molar-refractivity contribution in [1.82, 2.24) is 15.6 Å². The molecule has 0 radical (unpaired) electrons. The fourth-order valence-corrected chi connectivity index (χ4v) is 1.79. The highest BCUT2D eigenvalue weighted by Gasteiger charge is 2.25. The van der Waals surface area contributed by atoms with Gasteiger partial charge in [-0.3, -0.25) is 10.1 Å². The van der Waals surface area contributed by atoms with Crippen LogP contribution in [0.3, 0.4) is 0 Å². The van der Waals surface area contributed by atoms with Crippen molar-refractivity contribution >= 4 is 17.2 Å². The first-order valence-electron chi connectivity index (χ1n) is 5.18. The lowest BCUT2D eigenvalue weighted by atomic mass is 10.3. The van der Waals surface area contributed by atoms with E-state index < -0.39 is 0 Å². The number of hydrogen-bond acceptors (Lipinski definition) is 4. The molecular formula is C10H15N3OS. The van der Waals surface area contributed by atoms with E-state index >= 15 is 0 Å². The van der Waals surface area contributed by atoms with Crippen LogP contribution in [0.1, 0.15) is 24.8 Å². The first-order valence-corrected chi connectivity index (χ1v) is 6.06. The third-order valence-electron chi connectivity index (χ3n) is 2.36. The number of carbonyl (C=O) groups is 1. The second kappa shape index (κ2) is 4.72. The highest BCUT2D eigenvalue weighted by atomic mass is 32.1. The van der Waals surface area contributed by atoms with E-state index in [1.54, 1.807) is 17.5 Å². The summed E-state index contributed by atoms with van der Waals surface area (Å²) in [4.78, 5) is 15.7. The quantitative estimate of drug-likeness (QED) is 0.783. The van der Waals surface area contributed by atoms with Gasteiger partial charge >= 0.3 is 0 Å². The van der Waals surface area contributed by atoms with Crippen LogP contribution in [-0.4, -0.2) is 23.0 Å². The molecule has 0 bridgehead atoms. The fourth-order valence-electron chi connectivity index (χ4n) is 1.23. The molecule has 0 spiro atoms. The monoisotopic (exact) mass is 225 g/mol. The van der Waals surface area contributed by atoms with E-state index in [1.165, 1.54) is 0 Å². The smallest absolute Gasteiger partial charge is 0.237 e. The minimum Gasteiger partial charge on any atom is -0.352 e. The van der Waals surface area contributed by atoms with Crippen LogP contribution >= 0.6 is 11.3 Å². The summed E-state index contributed by atoms with van der Waals surface area (Å²) in [7, 11) is 0. The van der Waals surface area contributed by atoms with Crippen molar-refractivity contribution in [2.45, 2.75) is 38.4 Å². The van der Waals surface area contributed by atoms with E-state index in [1.807, 2.05) is 12.3 Å². The molecule has 1 aromatic rings. The standard InChI is InChI=1S/C10H15N3OS/c1-7(10(14)13-8-2-3-8)12-6-9-11-4-5-15-9/h4-5,7-8,12H,2-3,6H2,1H3,(H,13,14). The van der Waals surface area contributed by atoms with Gasteiger partial charge in [-0.15, -0.1) is 11.3 Å². The van der Waals surface area contributed by atoms with Crippen LogP contribution in [0.25, 0.3) is 0 Å². The van der Waals surface area contributed by atoms with Gasteiger partial charge in [0.05, 0.1) is 6.04 Å². The zero-order chi connectivity index (χ0) is 10.7. The molecular weight excluding hydrogens is 210 g/mol. The third-order valence-corrected chi connectivity index (χ3v) is 3.14. The van der Waals surface area contributed by atoms with Gasteiger partial charge in [0.25, 0.3) is 0 Å². The Morgan fingerprint density at radius 2 is 2.53 bits per heavy atom. The normalized spacial score (nSPS) is 17.4. The number of nitrogens with zero attached hydrogens (tertiary/aromatic N) is 1. The predicted molar refractivity (Wildman–Crippen MR) is 59.6 cm³/mol. The highest BCUT2D eigenvalue weighted by Crippen LogP contribution is 2.18. The van der Waals surface area contributed by atoms with Gasteiger partial charge < -0.3 is 5.32 Å². The largest absolute Gasteiger partial charge is 0.352 e. The summed E-state index contributed by atoms with van der Waals surface area (Å²) in [5.74, 6) is 0.0917. The van der Waals surface area contributed by atoms with Gasteiger partial charge in [-0.05, 0) is 19.8 Å². The summed E-state index contributed by atoms with van der Waals surface area (Å²) in [6.07, 6.45) is 4.03. The van der Waals surface area contributed by atoms with Gasteiger partial charge in [-0.2, -0.15) is 0 Å². The minimum atomic E-state index is -0.144. The van der Waals surface area contributed by atoms with Crippen LogP contribution in [0.4, 0.5) is 0 Å². The van der Waals surface area contributed by atoms with Gasteiger partial charge in [-0.25, -0.2) is 4.98 Å². The zero-order valence-electron chi connectivity index (χ0n) is 8.69. The van der Waals surface area contributed by atoms with E-state index in [0.29, 0.717) is 12.6 Å². The Morgan fingerprint density at radius 1 is 1.73 bits per heavy atom. The molecule has 2 N–H and O–H groups in total. The molecule has 0 aliphatic heterocycles. The lowest BCUT2D eigenvalue weighted by Gasteiger charge is -2.12. The van der Waals surface area contributed by atoms with Crippen LogP contribution in [-0.2, 0) is 11.3 Å². The Hall–Kier alpha value is -0.940. The molecule has 1 heterocycles. The third kappa shape index (κ3) is 3.28. The average Bonchev–Trinajstić information content (AvgIpc) is 2.88. The molecule has 82 valence electrons. The van der Waals surface area contributed by atoms with Crippen molar-refractivity contribution in [3.05, 3.63) is 16.6 Å². The molecule has 1 unspecified atom stereocenters. The minimum absolute atomic E-state index is 0.0917. The number of aromatic nitrogens is 1. The Labute approximate surface area is 93.1 Å². The molecule has 2 rings (SSSR count). The molecule has 1 fully saturated rings. The van der Waals surface area contributed by atoms with Gasteiger partial charge in [0.1, 0.15) is 5.01 Å². The molecule has 1 aliphatic carbocycles. The van der Waals surface area contributed by atoms with E-state index in [-0.39, 0.29) is 11.9 Å². The first-order chi connectivity index (χ1) is 7.25. The van der Waals surface area contributed by atoms with Crippen molar-refractivity contribution in [2.24, 2.45) is 0 Å². The van der Waals surface area contributed by atoms with E-state index in [0.717, 1.165) is 17.8 Å². The molecule has 15 heavy (non-hydrogen) atoms. The van der Waals surface area contributed by atoms with Gasteiger partial charge in [0.2, 0.25) is 5.91 Å². The number of nitrogens with one attached hydrogen (secondary N) is 2. The van der Waals surface area contributed by atoms with Crippen molar-refractivity contribution in [2.75, 3.05) is 0 Å². The van der Waals surface area contributed by atoms with Gasteiger partial charge in [0.15, 0.2) is 0 Å². The van der Waals surface area contributed by atoms with Crippen LogP contribution in [0, 0.1) is 0 Å². The SMILES string of the molecule is CC(NCc1nccs1)C(=O)NC1CC1. The summed E-state index contributed by atoms with van der Waals surface area (Å²) in [6.45, 7) is 2.54. The van der Waals surface area contributed by atoms with Gasteiger partial charge in [-0.1, -0.05) is 0 Å². The van der Waals surface area contributed by atoms with E-state index in [9.17, 15) is 4.79 Å². The Morgan fingerprint density at radius 3 is 3.13 bits per heavy atom. The molecule has 1 aromatic heterocycles. The van der Waals surface area contributed by atoms with Crippen LogP contribution in [0.15, 0.2) is 11.6 Å². The molecule has 1 amide bonds. The lowest BCUT2D eigenvalue weighted by Crippen LogP contribution is -2.42. The number of carbonyl (C=O) groups excluding carboxylic acids is 1. The Bertz CT molecular complexity index is 321. The van der Waals surface area contributed by atoms with Crippen LogP contribution in [0.5, 0.6) is 0 Å². The lowest BCUT2D eigenvalue weighted by molar-refractivity contribution is -0.122. The zero-order valence-corrected chi connectivity index (χ0v) is 9.51. The van der Waals surface area contributed by atoms with Crippen LogP contribution < -0.4 is 10.6 Å². The maximum atomic E-state index is 11.6. The summed E-state index contributed by atoms with van der Waals surface area (Å²) < 4.78 is 0. The Balaban J connectivity index is 1.71. The fraction of sp³-hybridized carbons (Fsp3) is 0.600. The molecule has 5 heteroatoms. The molecule has 0 aromatic carbocycles. The molecule has 1 atom stereocenters. The average molecular weight is 225 g/mol. The number of rotatable bonds is 5.